The lowest BCUT2D eigenvalue weighted by Crippen LogP contribution is -2.00. The van der Waals surface area contributed by atoms with E-state index in [1.807, 2.05) is 96.3 Å². The molecule has 9 rings (SSSR count). The van der Waals surface area contributed by atoms with Crippen LogP contribution in [0.5, 0.6) is 0 Å². The van der Waals surface area contributed by atoms with E-state index in [1.165, 1.54) is 25.7 Å². The predicted molar refractivity (Wildman–Crippen MR) is 187 cm³/mol. The van der Waals surface area contributed by atoms with E-state index >= 15 is 0 Å². The van der Waals surface area contributed by atoms with E-state index in [4.69, 9.17) is 24.4 Å². The van der Waals surface area contributed by atoms with Gasteiger partial charge in [-0.05, 0) is 47.5 Å². The van der Waals surface area contributed by atoms with Crippen LogP contribution in [0.4, 0.5) is 0 Å². The molecule has 46 heavy (non-hydrogen) atoms. The summed E-state index contributed by atoms with van der Waals surface area (Å²) < 4.78 is 8.87. The molecule has 0 radical (unpaired) electrons. The van der Waals surface area contributed by atoms with Gasteiger partial charge in [-0.3, -0.25) is 0 Å². The van der Waals surface area contributed by atoms with E-state index in [0.717, 1.165) is 33.3 Å². The summed E-state index contributed by atoms with van der Waals surface area (Å²) in [6.07, 6.45) is 0. The zero-order valence-electron chi connectivity index (χ0n) is 24.5. The summed E-state index contributed by atoms with van der Waals surface area (Å²) in [6.45, 7) is 0. The van der Waals surface area contributed by atoms with Crippen LogP contribution in [0.3, 0.4) is 0 Å². The van der Waals surface area contributed by atoms with Crippen molar-refractivity contribution in [2.75, 3.05) is 0 Å². The van der Waals surface area contributed by atoms with Gasteiger partial charge in [0, 0.05) is 42.4 Å². The molecule has 0 saturated carbocycles. The van der Waals surface area contributed by atoms with Crippen LogP contribution in [0.25, 0.3) is 88.0 Å². The second-order valence-electron chi connectivity index (χ2n) is 11.1. The lowest BCUT2D eigenvalue weighted by molar-refractivity contribution is 0.620. The molecule has 0 spiro atoms. The van der Waals surface area contributed by atoms with Gasteiger partial charge in [-0.25, -0.2) is 19.9 Å². The van der Waals surface area contributed by atoms with Crippen LogP contribution in [0.15, 0.2) is 150 Å². The number of nitrogens with zero attached hydrogens (tertiary/aromatic N) is 4. The standard InChI is InChI=1S/C40H24N4OS/c1-3-11-25(12-4-1)37-42-38(26-13-5-2-6-14-26)44-39(43-37)28-21-22-34-33(24-28)41-40(45-34)29-16-9-15-27(23-29)30-18-10-19-32-31-17-7-8-20-35(31)46-36(30)32/h1-24H. The number of aromatic nitrogens is 4. The molecule has 0 unspecified atom stereocenters. The third-order valence-electron chi connectivity index (χ3n) is 8.17. The van der Waals surface area contributed by atoms with Gasteiger partial charge in [0.1, 0.15) is 5.52 Å². The quantitative estimate of drug-likeness (QED) is 0.194. The number of benzene rings is 6. The highest BCUT2D eigenvalue weighted by atomic mass is 32.1. The highest BCUT2D eigenvalue weighted by Gasteiger charge is 2.16. The predicted octanol–water partition coefficient (Wildman–Crippen LogP) is 10.7. The van der Waals surface area contributed by atoms with Crippen molar-refractivity contribution in [2.45, 2.75) is 0 Å². The average Bonchev–Trinajstić information content (AvgIpc) is 3.74. The molecule has 9 aromatic rings. The van der Waals surface area contributed by atoms with Gasteiger partial charge in [0.2, 0.25) is 5.89 Å². The molecule has 0 aliphatic carbocycles. The highest BCUT2D eigenvalue weighted by Crippen LogP contribution is 2.40. The molecule has 0 atom stereocenters. The minimum Gasteiger partial charge on any atom is -0.436 e. The summed E-state index contributed by atoms with van der Waals surface area (Å²) in [5.41, 5.74) is 7.41. The number of thiophene rings is 1. The summed E-state index contributed by atoms with van der Waals surface area (Å²) >= 11 is 1.83. The van der Waals surface area contributed by atoms with E-state index in [2.05, 4.69) is 60.7 Å². The van der Waals surface area contributed by atoms with Gasteiger partial charge in [0.25, 0.3) is 0 Å². The Bertz CT molecular complexity index is 2480. The third kappa shape index (κ3) is 4.64. The van der Waals surface area contributed by atoms with Gasteiger partial charge < -0.3 is 4.42 Å². The van der Waals surface area contributed by atoms with Crippen molar-refractivity contribution in [3.63, 3.8) is 0 Å². The maximum absolute atomic E-state index is 6.30. The van der Waals surface area contributed by atoms with Crippen LogP contribution in [0.1, 0.15) is 0 Å². The van der Waals surface area contributed by atoms with Gasteiger partial charge in [-0.15, -0.1) is 11.3 Å². The fourth-order valence-corrected chi connectivity index (χ4v) is 7.16. The second-order valence-corrected chi connectivity index (χ2v) is 12.2. The minimum atomic E-state index is 0.572. The molecule has 0 fully saturated rings. The lowest BCUT2D eigenvalue weighted by Gasteiger charge is -2.08. The third-order valence-corrected chi connectivity index (χ3v) is 9.39. The first kappa shape index (κ1) is 26.4. The van der Waals surface area contributed by atoms with Crippen molar-refractivity contribution in [3.05, 3.63) is 146 Å². The van der Waals surface area contributed by atoms with Crippen LogP contribution in [0, 0.1) is 0 Å². The Hall–Kier alpha value is -5.98. The van der Waals surface area contributed by atoms with Crippen LogP contribution in [-0.4, -0.2) is 19.9 Å². The van der Waals surface area contributed by atoms with Crippen LogP contribution in [0.2, 0.25) is 0 Å². The Kier molecular flexibility index (Phi) is 6.25. The van der Waals surface area contributed by atoms with Crippen molar-refractivity contribution < 1.29 is 4.42 Å². The Labute approximate surface area is 268 Å². The maximum Gasteiger partial charge on any atom is 0.227 e. The Morgan fingerprint density at radius 1 is 0.435 bits per heavy atom. The van der Waals surface area contributed by atoms with Crippen molar-refractivity contribution in [2.24, 2.45) is 0 Å². The van der Waals surface area contributed by atoms with E-state index < -0.39 is 0 Å². The van der Waals surface area contributed by atoms with Crippen molar-refractivity contribution >= 4 is 42.6 Å². The SMILES string of the molecule is c1ccc(-c2nc(-c3ccccc3)nc(-c3ccc4oc(-c5cccc(-c6cccc7c6sc6ccccc67)c5)nc4c3)n2)cc1. The molecule has 216 valence electrons. The average molecular weight is 609 g/mol. The van der Waals surface area contributed by atoms with Gasteiger partial charge in [-0.2, -0.15) is 0 Å². The van der Waals surface area contributed by atoms with Crippen molar-refractivity contribution in [1.29, 1.82) is 0 Å². The zero-order chi connectivity index (χ0) is 30.5. The van der Waals surface area contributed by atoms with E-state index in [1.54, 1.807) is 0 Å². The van der Waals surface area contributed by atoms with Crippen LogP contribution in [-0.2, 0) is 0 Å². The molecule has 0 N–H and O–H groups in total. The molecule has 6 heteroatoms. The fourth-order valence-electron chi connectivity index (χ4n) is 5.92. The van der Waals surface area contributed by atoms with Gasteiger partial charge in [0.05, 0.1) is 0 Å². The first-order valence-corrected chi connectivity index (χ1v) is 15.9. The topological polar surface area (TPSA) is 64.7 Å². The normalized spacial score (nSPS) is 11.5. The summed E-state index contributed by atoms with van der Waals surface area (Å²) in [5, 5.41) is 2.57. The molecular weight excluding hydrogens is 585 g/mol. The summed E-state index contributed by atoms with van der Waals surface area (Å²) in [5.74, 6) is 2.40. The van der Waals surface area contributed by atoms with Crippen molar-refractivity contribution in [3.8, 4) is 56.7 Å². The van der Waals surface area contributed by atoms with E-state index in [-0.39, 0.29) is 0 Å². The first-order chi connectivity index (χ1) is 22.8. The number of rotatable bonds is 5. The smallest absolute Gasteiger partial charge is 0.227 e. The largest absolute Gasteiger partial charge is 0.436 e. The van der Waals surface area contributed by atoms with Gasteiger partial charge in [-0.1, -0.05) is 109 Å². The van der Waals surface area contributed by atoms with Crippen LogP contribution >= 0.6 is 11.3 Å². The summed E-state index contributed by atoms with van der Waals surface area (Å²) in [4.78, 5) is 19.5. The molecule has 0 amide bonds. The Balaban J connectivity index is 1.12. The lowest BCUT2D eigenvalue weighted by atomic mass is 10.0. The van der Waals surface area contributed by atoms with Gasteiger partial charge >= 0.3 is 0 Å². The fraction of sp³-hybridized carbons (Fsp3) is 0. The molecule has 0 aliphatic rings. The molecule has 0 bridgehead atoms. The Morgan fingerprint density at radius 3 is 1.80 bits per heavy atom. The molecule has 3 aromatic heterocycles. The monoisotopic (exact) mass is 608 g/mol. The molecule has 3 heterocycles. The Morgan fingerprint density at radius 2 is 1.04 bits per heavy atom. The molecule has 0 aliphatic heterocycles. The molecule has 5 nitrogen and oxygen atoms in total. The van der Waals surface area contributed by atoms with E-state index in [9.17, 15) is 0 Å². The maximum atomic E-state index is 6.30. The number of fused-ring (bicyclic) bond motifs is 4. The zero-order valence-corrected chi connectivity index (χ0v) is 25.3. The van der Waals surface area contributed by atoms with Gasteiger partial charge in [0.15, 0.2) is 23.1 Å². The highest BCUT2D eigenvalue weighted by molar-refractivity contribution is 7.26. The number of hydrogen-bond donors (Lipinski definition) is 0. The van der Waals surface area contributed by atoms with Crippen LogP contribution < -0.4 is 0 Å². The van der Waals surface area contributed by atoms with E-state index in [0.29, 0.717) is 28.9 Å². The number of hydrogen-bond acceptors (Lipinski definition) is 6. The molecule has 0 saturated heterocycles. The van der Waals surface area contributed by atoms with Crippen molar-refractivity contribution in [1.82, 2.24) is 19.9 Å². The number of oxazole rings is 1. The summed E-state index contributed by atoms with van der Waals surface area (Å²) in [7, 11) is 0. The summed E-state index contributed by atoms with van der Waals surface area (Å²) in [6, 6.07) is 49.4. The first-order valence-electron chi connectivity index (χ1n) is 15.1. The second kappa shape index (κ2) is 10.9. The molecule has 6 aromatic carbocycles. The molecular formula is C40H24N4OS. The minimum absolute atomic E-state index is 0.572.